The largest absolute Gasteiger partial charge is 0.381 e. The van der Waals surface area contributed by atoms with E-state index >= 15 is 0 Å². The van der Waals surface area contributed by atoms with Crippen LogP contribution in [-0.4, -0.2) is 22.8 Å². The molecule has 0 unspecified atom stereocenters. The van der Waals surface area contributed by atoms with Crippen LogP contribution in [0.25, 0.3) is 0 Å². The molecule has 3 nitrogen and oxygen atoms in total. The molecule has 0 radical (unpaired) electrons. The standard InChI is InChI=1S/C14H24N2OS/c1-13(2,3)11-9-15-12(18)16(11)10-14(4)5-7-17-8-6-14/h9H,5-8,10H2,1-4H3,(H,15,18). The fraction of sp³-hybridized carbons (Fsp3) is 0.786. The summed E-state index contributed by atoms with van der Waals surface area (Å²) in [6, 6.07) is 0. The molecule has 102 valence electrons. The van der Waals surface area contributed by atoms with E-state index in [4.69, 9.17) is 17.0 Å². The first-order valence-corrected chi connectivity index (χ1v) is 7.09. The van der Waals surface area contributed by atoms with Crippen LogP contribution in [0.1, 0.15) is 46.2 Å². The zero-order valence-corrected chi connectivity index (χ0v) is 12.7. The summed E-state index contributed by atoms with van der Waals surface area (Å²) in [6.07, 6.45) is 4.29. The van der Waals surface area contributed by atoms with E-state index in [0.717, 1.165) is 37.4 Å². The monoisotopic (exact) mass is 268 g/mol. The molecule has 2 heterocycles. The van der Waals surface area contributed by atoms with Crippen LogP contribution in [-0.2, 0) is 16.7 Å². The smallest absolute Gasteiger partial charge is 0.177 e. The first-order valence-electron chi connectivity index (χ1n) is 6.68. The molecule has 0 aromatic carbocycles. The zero-order chi connectivity index (χ0) is 13.4. The number of aromatic nitrogens is 2. The fourth-order valence-electron chi connectivity index (χ4n) is 2.58. The maximum absolute atomic E-state index is 5.47. The predicted molar refractivity (Wildman–Crippen MR) is 76.5 cm³/mol. The molecule has 0 amide bonds. The number of rotatable bonds is 2. The molecule has 0 saturated carbocycles. The van der Waals surface area contributed by atoms with Gasteiger partial charge in [-0.15, -0.1) is 0 Å². The highest BCUT2D eigenvalue weighted by atomic mass is 32.1. The van der Waals surface area contributed by atoms with Crippen LogP contribution in [0, 0.1) is 10.2 Å². The molecule has 1 N–H and O–H groups in total. The van der Waals surface area contributed by atoms with Gasteiger partial charge in [-0.05, 0) is 30.5 Å². The normalized spacial score (nSPS) is 20.0. The first kappa shape index (κ1) is 13.8. The molecule has 4 heteroatoms. The molecular weight excluding hydrogens is 244 g/mol. The lowest BCUT2D eigenvalue weighted by Gasteiger charge is -2.35. The van der Waals surface area contributed by atoms with Gasteiger partial charge < -0.3 is 14.3 Å². The molecule has 1 fully saturated rings. The van der Waals surface area contributed by atoms with Crippen molar-refractivity contribution in [2.75, 3.05) is 13.2 Å². The molecule has 0 bridgehead atoms. The number of hydrogen-bond acceptors (Lipinski definition) is 2. The van der Waals surface area contributed by atoms with Crippen molar-refractivity contribution in [1.82, 2.24) is 9.55 Å². The molecule has 18 heavy (non-hydrogen) atoms. The van der Waals surface area contributed by atoms with Gasteiger partial charge in [0.25, 0.3) is 0 Å². The van der Waals surface area contributed by atoms with Crippen molar-refractivity contribution in [3.8, 4) is 0 Å². The summed E-state index contributed by atoms with van der Waals surface area (Å²) in [6.45, 7) is 11.8. The van der Waals surface area contributed by atoms with Crippen molar-refractivity contribution >= 4 is 12.2 Å². The van der Waals surface area contributed by atoms with Crippen molar-refractivity contribution in [1.29, 1.82) is 0 Å². The minimum atomic E-state index is 0.120. The molecule has 1 aromatic heterocycles. The summed E-state index contributed by atoms with van der Waals surface area (Å²) in [7, 11) is 0. The molecule has 1 aliphatic rings. The van der Waals surface area contributed by atoms with E-state index < -0.39 is 0 Å². The average molecular weight is 268 g/mol. The Morgan fingerprint density at radius 3 is 2.56 bits per heavy atom. The molecule has 1 aromatic rings. The Kier molecular flexibility index (Phi) is 3.70. The third kappa shape index (κ3) is 2.86. The van der Waals surface area contributed by atoms with Crippen LogP contribution in [0.5, 0.6) is 0 Å². The van der Waals surface area contributed by atoms with Crippen molar-refractivity contribution in [2.24, 2.45) is 5.41 Å². The summed E-state index contributed by atoms with van der Waals surface area (Å²) in [5.41, 5.74) is 1.72. The fourth-order valence-corrected chi connectivity index (χ4v) is 2.80. The Bertz CT molecular complexity index is 461. The van der Waals surface area contributed by atoms with E-state index in [9.17, 15) is 0 Å². The van der Waals surface area contributed by atoms with Crippen LogP contribution < -0.4 is 0 Å². The molecule has 0 aliphatic carbocycles. The lowest BCUT2D eigenvalue weighted by molar-refractivity contribution is 0.0147. The Morgan fingerprint density at radius 1 is 1.39 bits per heavy atom. The van der Waals surface area contributed by atoms with E-state index in [1.54, 1.807) is 0 Å². The average Bonchev–Trinajstić information content (AvgIpc) is 2.60. The van der Waals surface area contributed by atoms with E-state index in [-0.39, 0.29) is 5.41 Å². The highest BCUT2D eigenvalue weighted by Crippen LogP contribution is 2.33. The number of hydrogen-bond donors (Lipinski definition) is 1. The summed E-state index contributed by atoms with van der Waals surface area (Å²) < 4.78 is 8.59. The molecule has 1 saturated heterocycles. The van der Waals surface area contributed by atoms with Crippen molar-refractivity contribution in [2.45, 2.75) is 52.5 Å². The lowest BCUT2D eigenvalue weighted by atomic mass is 9.82. The van der Waals surface area contributed by atoms with Crippen LogP contribution >= 0.6 is 12.2 Å². The van der Waals surface area contributed by atoms with Gasteiger partial charge in [0, 0.05) is 37.1 Å². The third-order valence-corrected chi connectivity index (χ3v) is 4.21. The highest BCUT2D eigenvalue weighted by Gasteiger charge is 2.30. The predicted octanol–water partition coefficient (Wildman–Crippen LogP) is 3.66. The number of nitrogens with one attached hydrogen (secondary N) is 1. The van der Waals surface area contributed by atoms with Crippen LogP contribution in [0.15, 0.2) is 6.20 Å². The molecule has 2 rings (SSSR count). The number of imidazole rings is 1. The second kappa shape index (κ2) is 4.82. The van der Waals surface area contributed by atoms with Gasteiger partial charge in [-0.25, -0.2) is 0 Å². The number of aromatic amines is 1. The summed E-state index contributed by atoms with van der Waals surface area (Å²) in [5, 5.41) is 0. The lowest BCUT2D eigenvalue weighted by Crippen LogP contribution is -2.32. The van der Waals surface area contributed by atoms with Crippen LogP contribution in [0.4, 0.5) is 0 Å². The minimum absolute atomic E-state index is 0.120. The van der Waals surface area contributed by atoms with E-state index in [1.165, 1.54) is 5.69 Å². The topological polar surface area (TPSA) is 29.9 Å². The van der Waals surface area contributed by atoms with Gasteiger partial charge in [-0.1, -0.05) is 27.7 Å². The SMILES string of the molecule is CC1(Cn2c(C(C)(C)C)c[nH]c2=S)CCOCC1. The van der Waals surface area contributed by atoms with Gasteiger partial charge in [0.2, 0.25) is 0 Å². The zero-order valence-electron chi connectivity index (χ0n) is 11.9. The summed E-state index contributed by atoms with van der Waals surface area (Å²) in [4.78, 5) is 3.20. The Balaban J connectivity index is 2.28. The second-order valence-electron chi connectivity index (χ2n) is 6.74. The van der Waals surface area contributed by atoms with Gasteiger partial charge in [0.15, 0.2) is 4.77 Å². The molecule has 1 aliphatic heterocycles. The minimum Gasteiger partial charge on any atom is -0.381 e. The molecule has 0 atom stereocenters. The quantitative estimate of drug-likeness (QED) is 0.830. The van der Waals surface area contributed by atoms with Gasteiger partial charge >= 0.3 is 0 Å². The number of H-pyrrole nitrogens is 1. The maximum atomic E-state index is 5.47. The highest BCUT2D eigenvalue weighted by molar-refractivity contribution is 7.71. The second-order valence-corrected chi connectivity index (χ2v) is 7.12. The van der Waals surface area contributed by atoms with Gasteiger partial charge in [-0.2, -0.15) is 0 Å². The van der Waals surface area contributed by atoms with Crippen molar-refractivity contribution in [3.63, 3.8) is 0 Å². The molecule has 0 spiro atoms. The van der Waals surface area contributed by atoms with Crippen LogP contribution in [0.2, 0.25) is 0 Å². The molecular formula is C14H24N2OS. The number of ether oxygens (including phenoxy) is 1. The van der Waals surface area contributed by atoms with Gasteiger partial charge in [-0.3, -0.25) is 0 Å². The van der Waals surface area contributed by atoms with E-state index in [2.05, 4.69) is 43.4 Å². The van der Waals surface area contributed by atoms with Gasteiger partial charge in [0.1, 0.15) is 0 Å². The Morgan fingerprint density at radius 2 is 2.00 bits per heavy atom. The summed E-state index contributed by atoms with van der Waals surface area (Å²) in [5.74, 6) is 0. The van der Waals surface area contributed by atoms with Crippen LogP contribution in [0.3, 0.4) is 0 Å². The van der Waals surface area contributed by atoms with Gasteiger partial charge in [0.05, 0.1) is 0 Å². The third-order valence-electron chi connectivity index (χ3n) is 3.88. The van der Waals surface area contributed by atoms with Crippen molar-refractivity contribution < 1.29 is 4.74 Å². The van der Waals surface area contributed by atoms with E-state index in [1.807, 2.05) is 0 Å². The van der Waals surface area contributed by atoms with Crippen molar-refractivity contribution in [3.05, 3.63) is 16.7 Å². The summed E-state index contributed by atoms with van der Waals surface area (Å²) >= 11 is 5.44. The first-order chi connectivity index (χ1) is 8.32. The Hall–Kier alpha value is -0.610. The Labute approximate surface area is 115 Å². The number of nitrogens with zero attached hydrogens (tertiary/aromatic N) is 1. The maximum Gasteiger partial charge on any atom is 0.177 e. The van der Waals surface area contributed by atoms with E-state index in [0.29, 0.717) is 5.41 Å².